The first kappa shape index (κ1) is 15.4. The van der Waals surface area contributed by atoms with E-state index in [4.69, 9.17) is 5.73 Å². The molecule has 114 valence electrons. The summed E-state index contributed by atoms with van der Waals surface area (Å²) >= 11 is 0. The molecule has 20 heavy (non-hydrogen) atoms. The van der Waals surface area contributed by atoms with Gasteiger partial charge in [-0.3, -0.25) is 4.68 Å². The van der Waals surface area contributed by atoms with Crippen LogP contribution in [0.1, 0.15) is 51.3 Å². The molecular formula is C16H30N4. The summed E-state index contributed by atoms with van der Waals surface area (Å²) in [7, 11) is 2.06. The second-order valence-electron chi connectivity index (χ2n) is 7.07. The molecule has 4 nitrogen and oxygen atoms in total. The summed E-state index contributed by atoms with van der Waals surface area (Å²) in [4.78, 5) is 2.52. The monoisotopic (exact) mass is 278 g/mol. The fourth-order valence-corrected chi connectivity index (χ4v) is 3.33. The van der Waals surface area contributed by atoms with E-state index in [0.29, 0.717) is 5.41 Å². The highest BCUT2D eigenvalue weighted by molar-refractivity contribution is 5.51. The first-order valence-corrected chi connectivity index (χ1v) is 7.87. The average Bonchev–Trinajstić information content (AvgIpc) is 2.62. The lowest BCUT2D eigenvalue weighted by Gasteiger charge is -2.39. The molecule has 2 rings (SSSR count). The predicted octanol–water partition coefficient (Wildman–Crippen LogP) is 2.63. The molecular weight excluding hydrogens is 248 g/mol. The van der Waals surface area contributed by atoms with Crippen molar-refractivity contribution < 1.29 is 0 Å². The van der Waals surface area contributed by atoms with Gasteiger partial charge in [-0.05, 0) is 38.0 Å². The summed E-state index contributed by atoms with van der Waals surface area (Å²) < 4.78 is 2.05. The van der Waals surface area contributed by atoms with Crippen molar-refractivity contribution in [3.63, 3.8) is 0 Å². The van der Waals surface area contributed by atoms with E-state index in [-0.39, 0.29) is 6.04 Å². The molecule has 4 heteroatoms. The molecule has 1 saturated heterocycles. The van der Waals surface area contributed by atoms with Gasteiger partial charge in [0.25, 0.3) is 0 Å². The molecule has 0 amide bonds. The number of nitrogens with two attached hydrogens (primary N) is 1. The lowest BCUT2D eigenvalue weighted by atomic mass is 9.84. The molecule has 2 heterocycles. The Morgan fingerprint density at radius 1 is 1.40 bits per heavy atom. The maximum atomic E-state index is 6.18. The minimum Gasteiger partial charge on any atom is -0.356 e. The maximum absolute atomic E-state index is 6.18. The Balaban J connectivity index is 2.30. The number of anilines is 1. The molecule has 1 aliphatic rings. The van der Waals surface area contributed by atoms with Crippen LogP contribution in [0.15, 0.2) is 0 Å². The Morgan fingerprint density at radius 3 is 2.70 bits per heavy atom. The van der Waals surface area contributed by atoms with Crippen LogP contribution < -0.4 is 10.6 Å². The first-order valence-electron chi connectivity index (χ1n) is 7.87. The number of hydrogen-bond acceptors (Lipinski definition) is 3. The standard InChI is InChI=1S/C16H30N4/c1-6-13(17)10-14-12(2)18-19(5)15(14)20-9-7-8-16(3,4)11-20/h13H,6-11,17H2,1-5H3. The third-order valence-electron chi connectivity index (χ3n) is 4.50. The summed E-state index contributed by atoms with van der Waals surface area (Å²) in [6, 6.07) is 0.231. The molecule has 0 spiro atoms. The van der Waals surface area contributed by atoms with E-state index in [2.05, 4.69) is 49.4 Å². The smallest absolute Gasteiger partial charge is 0.130 e. The van der Waals surface area contributed by atoms with Crippen LogP contribution in [0.2, 0.25) is 0 Å². The van der Waals surface area contributed by atoms with Crippen LogP contribution in [0.25, 0.3) is 0 Å². The molecule has 1 aromatic rings. The molecule has 0 aliphatic carbocycles. The normalized spacial score (nSPS) is 20.2. The van der Waals surface area contributed by atoms with Crippen molar-refractivity contribution in [1.82, 2.24) is 9.78 Å². The van der Waals surface area contributed by atoms with Gasteiger partial charge in [0.15, 0.2) is 0 Å². The zero-order valence-corrected chi connectivity index (χ0v) is 13.7. The fraction of sp³-hybridized carbons (Fsp3) is 0.812. The number of aryl methyl sites for hydroxylation is 2. The maximum Gasteiger partial charge on any atom is 0.130 e. The van der Waals surface area contributed by atoms with Crippen molar-refractivity contribution in [2.24, 2.45) is 18.2 Å². The van der Waals surface area contributed by atoms with E-state index in [1.54, 1.807) is 0 Å². The summed E-state index contributed by atoms with van der Waals surface area (Å²) in [6.07, 6.45) is 4.52. The van der Waals surface area contributed by atoms with Crippen LogP contribution >= 0.6 is 0 Å². The highest BCUT2D eigenvalue weighted by atomic mass is 15.4. The van der Waals surface area contributed by atoms with Crippen LogP contribution in [0, 0.1) is 12.3 Å². The fourth-order valence-electron chi connectivity index (χ4n) is 3.33. The minimum atomic E-state index is 0.231. The number of piperidine rings is 1. The third kappa shape index (κ3) is 3.17. The van der Waals surface area contributed by atoms with Gasteiger partial charge in [-0.25, -0.2) is 0 Å². The van der Waals surface area contributed by atoms with Gasteiger partial charge in [-0.1, -0.05) is 20.8 Å². The predicted molar refractivity (Wildman–Crippen MR) is 85.1 cm³/mol. The molecule has 1 fully saturated rings. The summed E-state index contributed by atoms with van der Waals surface area (Å²) in [5.41, 5.74) is 9.05. The third-order valence-corrected chi connectivity index (χ3v) is 4.50. The SMILES string of the molecule is CCC(N)Cc1c(C)nn(C)c1N1CCCC(C)(C)C1. The van der Waals surface area contributed by atoms with Crippen molar-refractivity contribution in [2.45, 2.75) is 59.4 Å². The summed E-state index contributed by atoms with van der Waals surface area (Å²) in [5, 5.41) is 4.64. The largest absolute Gasteiger partial charge is 0.356 e. The zero-order chi connectivity index (χ0) is 14.9. The Hall–Kier alpha value is -1.03. The van der Waals surface area contributed by atoms with E-state index in [1.165, 1.54) is 24.2 Å². The van der Waals surface area contributed by atoms with Gasteiger partial charge in [0.1, 0.15) is 5.82 Å². The molecule has 0 bridgehead atoms. The summed E-state index contributed by atoms with van der Waals surface area (Å²) in [5.74, 6) is 1.29. The Kier molecular flexibility index (Phi) is 4.43. The molecule has 2 N–H and O–H groups in total. The quantitative estimate of drug-likeness (QED) is 0.921. The van der Waals surface area contributed by atoms with Gasteiger partial charge in [-0.15, -0.1) is 0 Å². The molecule has 1 aromatic heterocycles. The van der Waals surface area contributed by atoms with Crippen LogP contribution in [0.5, 0.6) is 0 Å². The highest BCUT2D eigenvalue weighted by Crippen LogP contribution is 2.34. The topological polar surface area (TPSA) is 47.1 Å². The lowest BCUT2D eigenvalue weighted by Crippen LogP contribution is -2.41. The van der Waals surface area contributed by atoms with Crippen LogP contribution in [0.4, 0.5) is 5.82 Å². The van der Waals surface area contributed by atoms with Crippen molar-refractivity contribution in [3.8, 4) is 0 Å². The number of nitrogens with zero attached hydrogens (tertiary/aromatic N) is 3. The lowest BCUT2D eigenvalue weighted by molar-refractivity contribution is 0.290. The Labute approximate surface area is 123 Å². The van der Waals surface area contributed by atoms with Gasteiger partial charge in [-0.2, -0.15) is 5.10 Å². The molecule has 1 unspecified atom stereocenters. The van der Waals surface area contributed by atoms with Gasteiger partial charge >= 0.3 is 0 Å². The first-order chi connectivity index (χ1) is 9.34. The van der Waals surface area contributed by atoms with E-state index < -0.39 is 0 Å². The van der Waals surface area contributed by atoms with E-state index in [0.717, 1.165) is 31.6 Å². The second kappa shape index (κ2) is 5.76. The minimum absolute atomic E-state index is 0.231. The van der Waals surface area contributed by atoms with E-state index >= 15 is 0 Å². The van der Waals surface area contributed by atoms with Crippen LogP contribution in [-0.2, 0) is 13.5 Å². The molecule has 1 atom stereocenters. The van der Waals surface area contributed by atoms with Crippen molar-refractivity contribution >= 4 is 5.82 Å². The molecule has 0 aromatic carbocycles. The summed E-state index contributed by atoms with van der Waals surface area (Å²) in [6.45, 7) is 11.2. The average molecular weight is 278 g/mol. The van der Waals surface area contributed by atoms with E-state index in [9.17, 15) is 0 Å². The molecule has 0 radical (unpaired) electrons. The Morgan fingerprint density at radius 2 is 2.10 bits per heavy atom. The van der Waals surface area contributed by atoms with Gasteiger partial charge in [0, 0.05) is 31.7 Å². The zero-order valence-electron chi connectivity index (χ0n) is 13.7. The molecule has 0 saturated carbocycles. The Bertz CT molecular complexity index is 461. The number of aromatic nitrogens is 2. The molecule has 1 aliphatic heterocycles. The van der Waals surface area contributed by atoms with Crippen molar-refractivity contribution in [2.75, 3.05) is 18.0 Å². The van der Waals surface area contributed by atoms with Gasteiger partial charge in [0.05, 0.1) is 5.69 Å². The van der Waals surface area contributed by atoms with Gasteiger partial charge in [0.2, 0.25) is 0 Å². The van der Waals surface area contributed by atoms with Crippen molar-refractivity contribution in [3.05, 3.63) is 11.3 Å². The van der Waals surface area contributed by atoms with Crippen LogP contribution in [0.3, 0.4) is 0 Å². The number of rotatable bonds is 4. The second-order valence-corrected chi connectivity index (χ2v) is 7.07. The number of hydrogen-bond donors (Lipinski definition) is 1. The van der Waals surface area contributed by atoms with Crippen LogP contribution in [-0.4, -0.2) is 28.9 Å². The van der Waals surface area contributed by atoms with Gasteiger partial charge < -0.3 is 10.6 Å². The van der Waals surface area contributed by atoms with E-state index in [1.807, 2.05) is 0 Å². The highest BCUT2D eigenvalue weighted by Gasteiger charge is 2.30. The van der Waals surface area contributed by atoms with Crippen molar-refractivity contribution in [1.29, 1.82) is 0 Å².